The van der Waals surface area contributed by atoms with Gasteiger partial charge < -0.3 is 16.0 Å². The molecule has 0 aromatic rings. The summed E-state index contributed by atoms with van der Waals surface area (Å²) in [5.41, 5.74) is 6.01. The van der Waals surface area contributed by atoms with Crippen molar-refractivity contribution in [3.63, 3.8) is 0 Å². The summed E-state index contributed by atoms with van der Waals surface area (Å²) in [6.45, 7) is 6.95. The second-order valence-electron chi connectivity index (χ2n) is 6.85. The molecule has 138 valence electrons. The van der Waals surface area contributed by atoms with Crippen LogP contribution in [0.5, 0.6) is 0 Å². The zero-order valence-electron chi connectivity index (χ0n) is 14.6. The third-order valence-electron chi connectivity index (χ3n) is 5.10. The van der Waals surface area contributed by atoms with E-state index in [1.165, 1.54) is 71.0 Å². The van der Waals surface area contributed by atoms with Crippen LogP contribution < -0.4 is 11.1 Å². The van der Waals surface area contributed by atoms with Gasteiger partial charge in [-0.05, 0) is 71.0 Å². The molecule has 4 nitrogen and oxygen atoms in total. The lowest BCUT2D eigenvalue weighted by atomic mass is 9.85. The minimum atomic E-state index is 0. The van der Waals surface area contributed by atoms with Gasteiger partial charge >= 0.3 is 0 Å². The van der Waals surface area contributed by atoms with Crippen LogP contribution in [0.3, 0.4) is 0 Å². The van der Waals surface area contributed by atoms with Crippen molar-refractivity contribution in [3.8, 4) is 0 Å². The van der Waals surface area contributed by atoms with Crippen LogP contribution in [0.1, 0.15) is 64.7 Å². The molecule has 1 aliphatic heterocycles. The fourth-order valence-corrected chi connectivity index (χ4v) is 3.68. The van der Waals surface area contributed by atoms with Gasteiger partial charge in [0, 0.05) is 12.6 Å². The Hall–Kier alpha value is -0.190. The summed E-state index contributed by atoms with van der Waals surface area (Å²) in [6, 6.07) is 0.471. The molecule has 2 rings (SSSR count). The van der Waals surface area contributed by atoms with Crippen LogP contribution in [-0.2, 0) is 0 Å². The lowest BCUT2D eigenvalue weighted by Gasteiger charge is -2.28. The highest BCUT2D eigenvalue weighted by Gasteiger charge is 2.20. The topological polar surface area (TPSA) is 53.6 Å². The van der Waals surface area contributed by atoms with Crippen LogP contribution in [0.15, 0.2) is 4.99 Å². The van der Waals surface area contributed by atoms with Crippen molar-refractivity contribution in [2.24, 2.45) is 16.6 Å². The van der Waals surface area contributed by atoms with Gasteiger partial charge in [0.2, 0.25) is 0 Å². The van der Waals surface area contributed by atoms with Gasteiger partial charge in [0.25, 0.3) is 0 Å². The standard InChI is InChI=1S/C17H34N4.2ClH/c1-15(16-9-3-2-4-10-16)20-17(18)19-11-5-6-12-21-13-7-8-14-21;;/h15-16H,2-14H2,1H3,(H3,18,19,20);2*1H. The van der Waals surface area contributed by atoms with Crippen LogP contribution in [0.2, 0.25) is 0 Å². The second-order valence-corrected chi connectivity index (χ2v) is 6.85. The molecule has 1 unspecified atom stereocenters. The van der Waals surface area contributed by atoms with E-state index >= 15 is 0 Å². The molecular formula is C17H36Cl2N4. The quantitative estimate of drug-likeness (QED) is 0.411. The molecule has 1 heterocycles. The molecule has 1 aliphatic carbocycles. The number of hydrogen-bond donors (Lipinski definition) is 2. The number of rotatable bonds is 7. The minimum Gasteiger partial charge on any atom is -0.370 e. The second kappa shape index (κ2) is 13.1. The van der Waals surface area contributed by atoms with Crippen molar-refractivity contribution >= 4 is 30.8 Å². The van der Waals surface area contributed by atoms with Crippen molar-refractivity contribution in [1.82, 2.24) is 10.2 Å². The minimum absolute atomic E-state index is 0. The van der Waals surface area contributed by atoms with Gasteiger partial charge in [-0.25, -0.2) is 0 Å². The van der Waals surface area contributed by atoms with Crippen molar-refractivity contribution < 1.29 is 0 Å². The third-order valence-corrected chi connectivity index (χ3v) is 5.10. The molecule has 23 heavy (non-hydrogen) atoms. The molecule has 3 N–H and O–H groups in total. The number of nitrogens with two attached hydrogens (primary N) is 1. The van der Waals surface area contributed by atoms with E-state index in [0.29, 0.717) is 12.0 Å². The number of likely N-dealkylation sites (tertiary alicyclic amines) is 1. The first-order valence-corrected chi connectivity index (χ1v) is 9.04. The highest BCUT2D eigenvalue weighted by molar-refractivity contribution is 5.85. The Morgan fingerprint density at radius 3 is 2.39 bits per heavy atom. The highest BCUT2D eigenvalue weighted by atomic mass is 35.5. The van der Waals surface area contributed by atoms with Crippen LogP contribution >= 0.6 is 24.8 Å². The first kappa shape index (κ1) is 22.8. The Labute approximate surface area is 154 Å². The predicted octanol–water partition coefficient (Wildman–Crippen LogP) is 3.58. The van der Waals surface area contributed by atoms with E-state index < -0.39 is 0 Å². The van der Waals surface area contributed by atoms with E-state index in [1.54, 1.807) is 0 Å². The highest BCUT2D eigenvalue weighted by Crippen LogP contribution is 2.26. The summed E-state index contributed by atoms with van der Waals surface area (Å²) in [5, 5.41) is 3.40. The van der Waals surface area contributed by atoms with E-state index in [-0.39, 0.29) is 24.8 Å². The smallest absolute Gasteiger partial charge is 0.188 e. The van der Waals surface area contributed by atoms with Gasteiger partial charge in [-0.1, -0.05) is 19.3 Å². The maximum Gasteiger partial charge on any atom is 0.188 e. The zero-order valence-corrected chi connectivity index (χ0v) is 16.3. The Morgan fingerprint density at radius 2 is 1.74 bits per heavy atom. The Bertz CT molecular complexity index is 314. The van der Waals surface area contributed by atoms with Gasteiger partial charge in [-0.15, -0.1) is 24.8 Å². The molecule has 2 fully saturated rings. The number of hydrogen-bond acceptors (Lipinski definition) is 2. The average molecular weight is 367 g/mol. The van der Waals surface area contributed by atoms with Crippen molar-refractivity contribution in [3.05, 3.63) is 0 Å². The molecule has 6 heteroatoms. The van der Waals surface area contributed by atoms with Gasteiger partial charge in [0.15, 0.2) is 5.96 Å². The summed E-state index contributed by atoms with van der Waals surface area (Å²) >= 11 is 0. The van der Waals surface area contributed by atoms with Crippen molar-refractivity contribution in [1.29, 1.82) is 0 Å². The number of halogens is 2. The molecule has 0 aromatic heterocycles. The first-order valence-electron chi connectivity index (χ1n) is 9.04. The number of guanidine groups is 1. The summed E-state index contributed by atoms with van der Waals surface area (Å²) in [7, 11) is 0. The van der Waals surface area contributed by atoms with Crippen LogP contribution in [0.4, 0.5) is 0 Å². The fraction of sp³-hybridized carbons (Fsp3) is 0.941. The lowest BCUT2D eigenvalue weighted by molar-refractivity contribution is 0.301. The molecule has 2 aliphatic rings. The lowest BCUT2D eigenvalue weighted by Crippen LogP contribution is -2.43. The number of nitrogens with zero attached hydrogens (tertiary/aromatic N) is 2. The van der Waals surface area contributed by atoms with Crippen LogP contribution in [0, 0.1) is 5.92 Å². The van der Waals surface area contributed by atoms with Gasteiger partial charge in [-0.2, -0.15) is 0 Å². The fourth-order valence-electron chi connectivity index (χ4n) is 3.68. The Kier molecular flexibility index (Phi) is 13.0. The Balaban J connectivity index is 0.00000242. The van der Waals surface area contributed by atoms with E-state index in [2.05, 4.69) is 22.1 Å². The monoisotopic (exact) mass is 366 g/mol. The van der Waals surface area contributed by atoms with Gasteiger partial charge in [0.1, 0.15) is 0 Å². The maximum atomic E-state index is 6.01. The normalized spacial score (nSPS) is 21.3. The van der Waals surface area contributed by atoms with E-state index in [1.807, 2.05) is 0 Å². The summed E-state index contributed by atoms with van der Waals surface area (Å²) in [5.74, 6) is 1.43. The van der Waals surface area contributed by atoms with Gasteiger partial charge in [0.05, 0.1) is 0 Å². The third kappa shape index (κ3) is 9.02. The summed E-state index contributed by atoms with van der Waals surface area (Å²) < 4.78 is 0. The molecular weight excluding hydrogens is 331 g/mol. The molecule has 0 aromatic carbocycles. The van der Waals surface area contributed by atoms with Crippen molar-refractivity contribution in [2.75, 3.05) is 26.2 Å². The van der Waals surface area contributed by atoms with Crippen LogP contribution in [-0.4, -0.2) is 43.1 Å². The predicted molar refractivity (Wildman–Crippen MR) is 105 cm³/mol. The van der Waals surface area contributed by atoms with Crippen molar-refractivity contribution in [2.45, 2.75) is 70.8 Å². The largest absolute Gasteiger partial charge is 0.370 e. The SMILES string of the molecule is CC(NC(N)=NCCCCN1CCCC1)C1CCCCC1.Cl.Cl. The summed E-state index contributed by atoms with van der Waals surface area (Å²) in [6.07, 6.45) is 12.0. The number of unbranched alkanes of at least 4 members (excludes halogenated alkanes) is 1. The van der Waals surface area contributed by atoms with E-state index in [0.717, 1.165) is 18.9 Å². The Morgan fingerprint density at radius 1 is 1.09 bits per heavy atom. The molecule has 0 bridgehead atoms. The van der Waals surface area contributed by atoms with Crippen LogP contribution in [0.25, 0.3) is 0 Å². The number of aliphatic imine (C=N–C) groups is 1. The number of nitrogens with one attached hydrogen (secondary N) is 1. The molecule has 0 spiro atoms. The molecule has 1 saturated carbocycles. The molecule has 0 radical (unpaired) electrons. The van der Waals surface area contributed by atoms with Gasteiger partial charge in [-0.3, -0.25) is 4.99 Å². The average Bonchev–Trinajstić information content (AvgIpc) is 3.01. The summed E-state index contributed by atoms with van der Waals surface area (Å²) in [4.78, 5) is 7.05. The molecule has 1 atom stereocenters. The maximum absolute atomic E-state index is 6.01. The zero-order chi connectivity index (χ0) is 14.9. The first-order chi connectivity index (χ1) is 10.3. The molecule has 1 saturated heterocycles. The van der Waals surface area contributed by atoms with E-state index in [9.17, 15) is 0 Å². The molecule has 0 amide bonds. The van der Waals surface area contributed by atoms with E-state index in [4.69, 9.17) is 5.73 Å².